The Hall–Kier alpha value is -3.40. The number of hydrogen-bond donors (Lipinski definition) is 2. The van der Waals surface area contributed by atoms with Crippen LogP contribution in [0, 0.1) is 11.8 Å². The Labute approximate surface area is 176 Å². The maximum Gasteiger partial charge on any atom is 0.337 e. The van der Waals surface area contributed by atoms with Crippen LogP contribution in [0.15, 0.2) is 72.8 Å². The summed E-state index contributed by atoms with van der Waals surface area (Å²) in [4.78, 5) is 23.4. The summed E-state index contributed by atoms with van der Waals surface area (Å²) in [6.45, 7) is 0. The summed E-state index contributed by atoms with van der Waals surface area (Å²) in [5.41, 5.74) is 1.69. The Morgan fingerprint density at radius 2 is 1.77 bits per heavy atom. The van der Waals surface area contributed by atoms with Crippen LogP contribution in [0.4, 0.5) is 5.69 Å². The van der Waals surface area contributed by atoms with Crippen molar-refractivity contribution in [3.63, 3.8) is 0 Å². The second kappa shape index (κ2) is 8.95. The van der Waals surface area contributed by atoms with Gasteiger partial charge in [0.25, 0.3) is 0 Å². The van der Waals surface area contributed by atoms with Crippen LogP contribution in [0.1, 0.15) is 41.6 Å². The highest BCUT2D eigenvalue weighted by Crippen LogP contribution is 2.43. The lowest BCUT2D eigenvalue weighted by atomic mass is 10.1. The van der Waals surface area contributed by atoms with E-state index in [2.05, 4.69) is 59.9 Å². The van der Waals surface area contributed by atoms with E-state index in [1.807, 2.05) is 0 Å². The molecule has 0 unspecified atom stereocenters. The number of carboxylic acid groups (broad SMARTS) is 1. The average molecular weight is 399 g/mol. The van der Waals surface area contributed by atoms with Gasteiger partial charge in [0.15, 0.2) is 0 Å². The molecule has 4 rings (SSSR count). The molecule has 0 bridgehead atoms. The molecule has 1 aliphatic carbocycles. The van der Waals surface area contributed by atoms with E-state index in [0.29, 0.717) is 23.9 Å². The summed E-state index contributed by atoms with van der Waals surface area (Å²) in [6.07, 6.45) is 7.90. The van der Waals surface area contributed by atoms with Gasteiger partial charge in [-0.1, -0.05) is 60.7 Å². The Morgan fingerprint density at radius 3 is 2.60 bits per heavy atom. The molecule has 2 N–H and O–H groups in total. The van der Waals surface area contributed by atoms with Crippen LogP contribution in [0.2, 0.25) is 0 Å². The SMILES string of the molecule is O=C(CCC[C@H]1C[C@@H]1/C=C/c1ccc2ccccc2c1)Nc1ccccc1C(=O)O. The zero-order valence-corrected chi connectivity index (χ0v) is 16.8. The summed E-state index contributed by atoms with van der Waals surface area (Å²) < 4.78 is 0. The molecular formula is C26H25NO3. The molecular weight excluding hydrogens is 374 g/mol. The third-order valence-electron chi connectivity index (χ3n) is 5.70. The first-order valence-corrected chi connectivity index (χ1v) is 10.4. The third kappa shape index (κ3) is 4.95. The molecule has 2 atom stereocenters. The van der Waals surface area contributed by atoms with Gasteiger partial charge in [0.05, 0.1) is 11.3 Å². The molecule has 0 heterocycles. The van der Waals surface area contributed by atoms with Gasteiger partial charge in [0, 0.05) is 6.42 Å². The summed E-state index contributed by atoms with van der Waals surface area (Å²) in [5, 5.41) is 14.4. The monoisotopic (exact) mass is 399 g/mol. The Kier molecular flexibility index (Phi) is 5.94. The highest BCUT2D eigenvalue weighted by Gasteiger charge is 2.33. The predicted octanol–water partition coefficient (Wildman–Crippen LogP) is 6.00. The van der Waals surface area contributed by atoms with Crippen LogP contribution < -0.4 is 5.32 Å². The fraction of sp³-hybridized carbons (Fsp3) is 0.231. The van der Waals surface area contributed by atoms with Crippen LogP contribution in [0.25, 0.3) is 16.8 Å². The number of carbonyl (C=O) groups is 2. The molecule has 3 aromatic rings. The van der Waals surface area contributed by atoms with Gasteiger partial charge in [0.1, 0.15) is 0 Å². The number of allylic oxidation sites excluding steroid dienone is 1. The number of benzene rings is 3. The van der Waals surface area contributed by atoms with Crippen molar-refractivity contribution < 1.29 is 14.7 Å². The summed E-state index contributed by atoms with van der Waals surface area (Å²) >= 11 is 0. The predicted molar refractivity (Wildman–Crippen MR) is 120 cm³/mol. The minimum absolute atomic E-state index is 0.118. The van der Waals surface area contributed by atoms with Crippen molar-refractivity contribution in [2.75, 3.05) is 5.32 Å². The number of rotatable bonds is 8. The van der Waals surface area contributed by atoms with Gasteiger partial charge in [-0.2, -0.15) is 0 Å². The van der Waals surface area contributed by atoms with Gasteiger partial charge in [-0.05, 0) is 65.6 Å². The molecule has 0 radical (unpaired) electrons. The van der Waals surface area contributed by atoms with Crippen molar-refractivity contribution in [1.29, 1.82) is 0 Å². The van der Waals surface area contributed by atoms with E-state index in [1.54, 1.807) is 18.2 Å². The number of amides is 1. The zero-order valence-electron chi connectivity index (χ0n) is 16.8. The molecule has 4 nitrogen and oxygen atoms in total. The van der Waals surface area contributed by atoms with E-state index in [-0.39, 0.29) is 11.5 Å². The molecule has 0 spiro atoms. The van der Waals surface area contributed by atoms with E-state index in [4.69, 9.17) is 0 Å². The van der Waals surface area contributed by atoms with Crippen LogP contribution in [0.5, 0.6) is 0 Å². The molecule has 1 aliphatic rings. The number of fused-ring (bicyclic) bond motifs is 1. The number of para-hydroxylation sites is 1. The van der Waals surface area contributed by atoms with Crippen molar-refractivity contribution in [1.82, 2.24) is 0 Å². The highest BCUT2D eigenvalue weighted by molar-refractivity contribution is 6.00. The summed E-state index contributed by atoms with van der Waals surface area (Å²) in [7, 11) is 0. The Morgan fingerprint density at radius 1 is 1.00 bits per heavy atom. The zero-order chi connectivity index (χ0) is 20.9. The second-order valence-corrected chi connectivity index (χ2v) is 7.92. The Balaban J connectivity index is 1.22. The fourth-order valence-corrected chi connectivity index (χ4v) is 3.90. The lowest BCUT2D eigenvalue weighted by Crippen LogP contribution is -2.14. The number of anilines is 1. The molecule has 1 saturated carbocycles. The Bertz CT molecular complexity index is 1100. The van der Waals surface area contributed by atoms with Gasteiger partial charge in [-0.25, -0.2) is 4.79 Å². The molecule has 1 fully saturated rings. The largest absolute Gasteiger partial charge is 0.478 e. The van der Waals surface area contributed by atoms with E-state index in [1.165, 1.54) is 28.8 Å². The van der Waals surface area contributed by atoms with E-state index >= 15 is 0 Å². The molecule has 0 aliphatic heterocycles. The molecule has 1 amide bonds. The van der Waals surface area contributed by atoms with Gasteiger partial charge >= 0.3 is 5.97 Å². The van der Waals surface area contributed by atoms with Crippen molar-refractivity contribution in [3.8, 4) is 0 Å². The van der Waals surface area contributed by atoms with Crippen molar-refractivity contribution in [2.45, 2.75) is 25.7 Å². The highest BCUT2D eigenvalue weighted by atomic mass is 16.4. The van der Waals surface area contributed by atoms with E-state index < -0.39 is 5.97 Å². The summed E-state index contributed by atoms with van der Waals surface area (Å²) in [5.74, 6) is 0.0607. The molecule has 0 saturated heterocycles. The summed E-state index contributed by atoms with van der Waals surface area (Å²) in [6, 6.07) is 21.4. The second-order valence-electron chi connectivity index (χ2n) is 7.92. The maximum absolute atomic E-state index is 12.2. The van der Waals surface area contributed by atoms with Crippen LogP contribution in [-0.4, -0.2) is 17.0 Å². The standard InChI is InChI=1S/C26H25NO3/c28-25(27-24-10-4-3-9-23(24)26(29)30)11-5-8-21-17-22(21)15-13-18-12-14-19-6-1-2-7-20(19)16-18/h1-4,6-7,9-10,12-16,21-22H,5,8,11,17H2,(H,27,28)(H,29,30)/b15-13+/t21-,22-/m0/s1. The van der Waals surface area contributed by atoms with Gasteiger partial charge in [-0.15, -0.1) is 0 Å². The van der Waals surface area contributed by atoms with Crippen LogP contribution in [0.3, 0.4) is 0 Å². The van der Waals surface area contributed by atoms with Crippen molar-refractivity contribution in [2.24, 2.45) is 11.8 Å². The average Bonchev–Trinajstić information content (AvgIpc) is 3.50. The van der Waals surface area contributed by atoms with Crippen LogP contribution in [-0.2, 0) is 4.79 Å². The number of hydrogen-bond acceptors (Lipinski definition) is 2. The fourth-order valence-electron chi connectivity index (χ4n) is 3.90. The molecule has 152 valence electrons. The molecule has 4 heteroatoms. The van der Waals surface area contributed by atoms with Gasteiger partial charge in [0.2, 0.25) is 5.91 Å². The molecule has 0 aromatic heterocycles. The van der Waals surface area contributed by atoms with Crippen molar-refractivity contribution in [3.05, 3.63) is 83.9 Å². The quantitative estimate of drug-likeness (QED) is 0.488. The van der Waals surface area contributed by atoms with Crippen LogP contribution >= 0.6 is 0 Å². The first-order valence-electron chi connectivity index (χ1n) is 10.4. The molecule has 30 heavy (non-hydrogen) atoms. The number of nitrogens with one attached hydrogen (secondary N) is 1. The minimum atomic E-state index is -1.04. The van der Waals surface area contributed by atoms with E-state index in [0.717, 1.165) is 12.8 Å². The lowest BCUT2D eigenvalue weighted by molar-refractivity contribution is -0.116. The van der Waals surface area contributed by atoms with Gasteiger partial charge < -0.3 is 10.4 Å². The van der Waals surface area contributed by atoms with Crippen molar-refractivity contribution >= 4 is 34.4 Å². The maximum atomic E-state index is 12.2. The topological polar surface area (TPSA) is 66.4 Å². The number of carboxylic acids is 1. The normalized spacial score (nSPS) is 17.9. The smallest absolute Gasteiger partial charge is 0.337 e. The lowest BCUT2D eigenvalue weighted by Gasteiger charge is -2.08. The first-order chi connectivity index (χ1) is 14.6. The van der Waals surface area contributed by atoms with E-state index in [9.17, 15) is 14.7 Å². The number of carbonyl (C=O) groups excluding carboxylic acids is 1. The molecule has 3 aromatic carbocycles. The van der Waals surface area contributed by atoms with Gasteiger partial charge in [-0.3, -0.25) is 4.79 Å². The minimum Gasteiger partial charge on any atom is -0.478 e. The third-order valence-corrected chi connectivity index (χ3v) is 5.70. The number of aromatic carboxylic acids is 1. The first kappa shape index (κ1) is 19.9.